The smallest absolute Gasteiger partial charge is 0.309 e. The summed E-state index contributed by atoms with van der Waals surface area (Å²) in [4.78, 5) is 32.3. The maximum Gasteiger partial charge on any atom is 0.309 e. The van der Waals surface area contributed by atoms with E-state index in [1.807, 2.05) is 19.3 Å². The second-order valence-electron chi connectivity index (χ2n) is 17.6. The third-order valence-corrected chi connectivity index (χ3v) is 12.7. The number of imidazole rings is 1. The van der Waals surface area contributed by atoms with Crippen molar-refractivity contribution in [3.05, 3.63) is 18.2 Å². The van der Waals surface area contributed by atoms with Crippen LogP contribution in [0.3, 0.4) is 0 Å². The Kier molecular flexibility index (Phi) is 33.3. The summed E-state index contributed by atoms with van der Waals surface area (Å²) in [6, 6.07) is 0. The van der Waals surface area contributed by atoms with E-state index in [0.717, 1.165) is 141 Å². The van der Waals surface area contributed by atoms with Gasteiger partial charge in [0.2, 0.25) is 0 Å². The number of ether oxygens (including phenoxy) is 2. The Morgan fingerprint density at radius 1 is 0.534 bits per heavy atom. The van der Waals surface area contributed by atoms with Crippen LogP contribution in [0.1, 0.15) is 220 Å². The first-order valence-corrected chi connectivity index (χ1v) is 24.5. The number of aliphatic carboxylic acids is 2. The molecule has 1 rings (SSSR count). The summed E-state index contributed by atoms with van der Waals surface area (Å²) >= 11 is 0. The van der Waals surface area contributed by atoms with E-state index in [9.17, 15) is 19.8 Å². The lowest BCUT2D eigenvalue weighted by molar-refractivity contribution is -0.151. The SMILES string of the molecule is CCCCCCCCC(CCCCCC)(CCCOCCN(CCCn1ccnc1C)CCOCCCC(CCCCCC)(CCCCCCCC)C(=O)O)C(=O)O. The molecule has 2 atom stereocenters. The van der Waals surface area contributed by atoms with Gasteiger partial charge in [-0.15, -0.1) is 0 Å². The molecule has 0 saturated heterocycles. The zero-order chi connectivity index (χ0) is 42.6. The van der Waals surface area contributed by atoms with Crippen LogP contribution in [0, 0.1) is 17.8 Å². The van der Waals surface area contributed by atoms with Gasteiger partial charge in [0.25, 0.3) is 0 Å². The Balaban J connectivity index is 2.70. The van der Waals surface area contributed by atoms with E-state index in [1.165, 1.54) is 64.2 Å². The van der Waals surface area contributed by atoms with Gasteiger partial charge in [-0.1, -0.05) is 156 Å². The van der Waals surface area contributed by atoms with Crippen molar-refractivity contribution in [2.45, 2.75) is 227 Å². The van der Waals surface area contributed by atoms with Gasteiger partial charge >= 0.3 is 11.9 Å². The molecule has 0 aliphatic heterocycles. The van der Waals surface area contributed by atoms with Gasteiger partial charge in [-0.05, 0) is 64.7 Å². The molecule has 0 bridgehead atoms. The van der Waals surface area contributed by atoms with Gasteiger partial charge in [0.15, 0.2) is 0 Å². The van der Waals surface area contributed by atoms with Crippen molar-refractivity contribution in [2.24, 2.45) is 10.8 Å². The summed E-state index contributed by atoms with van der Waals surface area (Å²) in [6.45, 7) is 16.7. The van der Waals surface area contributed by atoms with Crippen LogP contribution in [0.4, 0.5) is 0 Å². The molecule has 58 heavy (non-hydrogen) atoms. The van der Waals surface area contributed by atoms with Gasteiger partial charge in [-0.25, -0.2) is 4.98 Å². The molecule has 0 aliphatic carbocycles. The molecular formula is C49H93N3O6. The van der Waals surface area contributed by atoms with Crippen LogP contribution in [-0.4, -0.2) is 82.7 Å². The minimum atomic E-state index is -0.635. The van der Waals surface area contributed by atoms with Crippen molar-refractivity contribution in [1.82, 2.24) is 14.5 Å². The van der Waals surface area contributed by atoms with E-state index < -0.39 is 22.8 Å². The molecule has 1 aromatic rings. The van der Waals surface area contributed by atoms with E-state index in [2.05, 4.69) is 42.1 Å². The second kappa shape index (κ2) is 35.8. The van der Waals surface area contributed by atoms with Crippen LogP contribution >= 0.6 is 0 Å². The van der Waals surface area contributed by atoms with Gasteiger partial charge < -0.3 is 24.3 Å². The van der Waals surface area contributed by atoms with Crippen molar-refractivity contribution in [3.8, 4) is 0 Å². The van der Waals surface area contributed by atoms with Crippen LogP contribution in [0.5, 0.6) is 0 Å². The minimum Gasteiger partial charge on any atom is -0.481 e. The number of aromatic nitrogens is 2. The van der Waals surface area contributed by atoms with E-state index >= 15 is 0 Å². The van der Waals surface area contributed by atoms with Crippen molar-refractivity contribution >= 4 is 11.9 Å². The largest absolute Gasteiger partial charge is 0.481 e. The Morgan fingerprint density at radius 2 is 0.897 bits per heavy atom. The molecule has 0 radical (unpaired) electrons. The van der Waals surface area contributed by atoms with Crippen molar-refractivity contribution in [1.29, 1.82) is 0 Å². The summed E-state index contributed by atoms with van der Waals surface area (Å²) in [5.41, 5.74) is -1.27. The first-order valence-electron chi connectivity index (χ1n) is 24.5. The molecule has 9 nitrogen and oxygen atoms in total. The number of nitrogens with zero attached hydrogens (tertiary/aromatic N) is 3. The van der Waals surface area contributed by atoms with Crippen molar-refractivity contribution in [3.63, 3.8) is 0 Å². The van der Waals surface area contributed by atoms with E-state index in [0.29, 0.717) is 39.3 Å². The Bertz CT molecular complexity index is 1050. The summed E-state index contributed by atoms with van der Waals surface area (Å²) < 4.78 is 14.6. The normalized spacial score (nSPS) is 13.9. The lowest BCUT2D eigenvalue weighted by Crippen LogP contribution is -2.33. The van der Waals surface area contributed by atoms with Gasteiger partial charge in [-0.2, -0.15) is 0 Å². The van der Waals surface area contributed by atoms with Crippen LogP contribution in [0.15, 0.2) is 12.4 Å². The monoisotopic (exact) mass is 820 g/mol. The predicted octanol–water partition coefficient (Wildman–Crippen LogP) is 13.1. The molecule has 0 aromatic carbocycles. The lowest BCUT2D eigenvalue weighted by Gasteiger charge is -2.30. The molecule has 0 aliphatic rings. The van der Waals surface area contributed by atoms with Crippen molar-refractivity contribution < 1.29 is 29.3 Å². The average Bonchev–Trinajstić information content (AvgIpc) is 3.62. The zero-order valence-corrected chi connectivity index (χ0v) is 38.7. The van der Waals surface area contributed by atoms with Crippen LogP contribution in [0.2, 0.25) is 0 Å². The molecule has 1 aromatic heterocycles. The Labute approximate surface area is 357 Å². The van der Waals surface area contributed by atoms with Gasteiger partial charge in [0, 0.05) is 51.8 Å². The zero-order valence-electron chi connectivity index (χ0n) is 38.7. The molecule has 0 saturated carbocycles. The quantitative estimate of drug-likeness (QED) is 0.0626. The third-order valence-electron chi connectivity index (χ3n) is 12.7. The number of carboxylic acid groups (broad SMARTS) is 2. The number of rotatable bonds is 44. The topological polar surface area (TPSA) is 114 Å². The molecule has 0 amide bonds. The fraction of sp³-hybridized carbons (Fsp3) is 0.898. The molecule has 0 spiro atoms. The molecule has 2 N–H and O–H groups in total. The number of aryl methyl sites for hydroxylation is 2. The highest BCUT2D eigenvalue weighted by atomic mass is 16.5. The van der Waals surface area contributed by atoms with Crippen LogP contribution < -0.4 is 0 Å². The van der Waals surface area contributed by atoms with Gasteiger partial charge in [0.1, 0.15) is 5.82 Å². The molecule has 0 fully saturated rings. The van der Waals surface area contributed by atoms with E-state index in [1.54, 1.807) is 0 Å². The third kappa shape index (κ3) is 25.0. The van der Waals surface area contributed by atoms with Crippen LogP contribution in [0.25, 0.3) is 0 Å². The van der Waals surface area contributed by atoms with Crippen LogP contribution in [-0.2, 0) is 25.6 Å². The highest BCUT2D eigenvalue weighted by Crippen LogP contribution is 2.38. The number of hydrogen-bond donors (Lipinski definition) is 2. The Hall–Kier alpha value is -1.97. The fourth-order valence-corrected chi connectivity index (χ4v) is 8.72. The second-order valence-corrected chi connectivity index (χ2v) is 17.6. The van der Waals surface area contributed by atoms with E-state index in [-0.39, 0.29) is 0 Å². The minimum absolute atomic E-state index is 0.585. The van der Waals surface area contributed by atoms with Gasteiger partial charge in [-0.3, -0.25) is 14.5 Å². The number of unbranched alkanes of at least 4 members (excludes halogenated alkanes) is 16. The first-order chi connectivity index (χ1) is 28.2. The highest BCUT2D eigenvalue weighted by molar-refractivity contribution is 5.75. The number of hydrogen-bond acceptors (Lipinski definition) is 6. The molecule has 340 valence electrons. The molecule has 1 heterocycles. The standard InChI is InChI=1S/C49H93N3O6/c1-6-10-14-18-20-24-31-48(46(53)54,29-22-16-12-8-3)33-26-41-57-43-39-51(36-28-37-52-38-35-50-45(52)5)40-44-58-42-27-34-49(47(55)56,30-23-17-13-9-4)32-25-21-19-15-11-7-2/h35,38H,6-34,36-37,39-44H2,1-5H3,(H,53,54)(H,55,56). The highest BCUT2D eigenvalue weighted by Gasteiger charge is 2.37. The summed E-state index contributed by atoms with van der Waals surface area (Å²) in [5, 5.41) is 21.0. The number of carboxylic acids is 2. The first kappa shape index (κ1) is 54.0. The lowest BCUT2D eigenvalue weighted by atomic mass is 9.74. The van der Waals surface area contributed by atoms with Gasteiger partial charge in [0.05, 0.1) is 24.0 Å². The average molecular weight is 820 g/mol. The maximum absolute atomic E-state index is 12.8. The fourth-order valence-electron chi connectivity index (χ4n) is 8.72. The van der Waals surface area contributed by atoms with Crippen molar-refractivity contribution in [2.75, 3.05) is 46.1 Å². The predicted molar refractivity (Wildman–Crippen MR) is 242 cm³/mol. The number of carbonyl (C=O) groups is 2. The summed E-state index contributed by atoms with van der Waals surface area (Å²) in [5.74, 6) is -0.206. The summed E-state index contributed by atoms with van der Waals surface area (Å²) in [7, 11) is 0. The summed E-state index contributed by atoms with van der Waals surface area (Å²) in [6.07, 6.45) is 33.9. The Morgan fingerprint density at radius 3 is 1.26 bits per heavy atom. The molecule has 9 heteroatoms. The molecular weight excluding hydrogens is 727 g/mol. The van der Waals surface area contributed by atoms with E-state index in [4.69, 9.17) is 9.47 Å². The molecule has 2 unspecified atom stereocenters. The maximum atomic E-state index is 12.8.